The van der Waals surface area contributed by atoms with Gasteiger partial charge in [0.05, 0.1) is 15.9 Å². The van der Waals surface area contributed by atoms with Gasteiger partial charge in [-0.15, -0.1) is 0 Å². The first-order valence-corrected chi connectivity index (χ1v) is 7.58. The number of ether oxygens (including phenoxy) is 1. The standard InChI is InChI=1S/C13H12Cl2IN3O/c1-20-6-10-12(16)13(17)19-11(18-10)4-7-2-3-8(14)5-9(7)15/h2-3,5H,4,6H2,1H3,(H2,17,18,19). The summed E-state index contributed by atoms with van der Waals surface area (Å²) < 4.78 is 5.93. The Kier molecular flexibility index (Phi) is 5.42. The lowest BCUT2D eigenvalue weighted by Crippen LogP contribution is -2.08. The molecule has 2 N–H and O–H groups in total. The van der Waals surface area contributed by atoms with Gasteiger partial charge in [-0.05, 0) is 40.3 Å². The predicted octanol–water partition coefficient (Wildman–Crippen LogP) is 3.71. The van der Waals surface area contributed by atoms with Crippen LogP contribution < -0.4 is 5.73 Å². The molecule has 0 aliphatic carbocycles. The molecular weight excluding hydrogens is 412 g/mol. The van der Waals surface area contributed by atoms with Crippen LogP contribution in [0.15, 0.2) is 18.2 Å². The zero-order valence-corrected chi connectivity index (χ0v) is 14.3. The van der Waals surface area contributed by atoms with E-state index in [1.54, 1.807) is 19.2 Å². The zero-order chi connectivity index (χ0) is 14.7. The third-order valence-corrected chi connectivity index (χ3v) is 4.40. The van der Waals surface area contributed by atoms with Gasteiger partial charge in [-0.25, -0.2) is 9.97 Å². The zero-order valence-electron chi connectivity index (χ0n) is 10.7. The second-order valence-corrected chi connectivity index (χ2v) is 6.05. The maximum atomic E-state index is 6.15. The Balaban J connectivity index is 2.33. The van der Waals surface area contributed by atoms with Crippen molar-refractivity contribution in [3.8, 4) is 0 Å². The van der Waals surface area contributed by atoms with E-state index in [1.807, 2.05) is 6.07 Å². The second-order valence-electron chi connectivity index (χ2n) is 4.13. The summed E-state index contributed by atoms with van der Waals surface area (Å²) in [4.78, 5) is 8.75. The number of hydrogen-bond donors (Lipinski definition) is 1. The highest BCUT2D eigenvalue weighted by molar-refractivity contribution is 14.1. The molecule has 0 spiro atoms. The molecule has 7 heteroatoms. The number of hydrogen-bond acceptors (Lipinski definition) is 4. The summed E-state index contributed by atoms with van der Waals surface area (Å²) >= 11 is 14.1. The first-order chi connectivity index (χ1) is 9.51. The Morgan fingerprint density at radius 1 is 1.30 bits per heavy atom. The van der Waals surface area contributed by atoms with Crippen molar-refractivity contribution < 1.29 is 4.74 Å². The minimum atomic E-state index is 0.395. The van der Waals surface area contributed by atoms with Gasteiger partial charge in [0.25, 0.3) is 0 Å². The Hall–Kier alpha value is -0.630. The van der Waals surface area contributed by atoms with E-state index in [1.165, 1.54) is 0 Å². The van der Waals surface area contributed by atoms with Crippen molar-refractivity contribution in [3.63, 3.8) is 0 Å². The van der Waals surface area contributed by atoms with Crippen LogP contribution in [0.5, 0.6) is 0 Å². The molecule has 0 aliphatic heterocycles. The molecule has 4 nitrogen and oxygen atoms in total. The van der Waals surface area contributed by atoms with Crippen molar-refractivity contribution in [1.82, 2.24) is 9.97 Å². The summed E-state index contributed by atoms with van der Waals surface area (Å²) in [5.74, 6) is 1.06. The maximum absolute atomic E-state index is 6.15. The van der Waals surface area contributed by atoms with Gasteiger partial charge in [0.2, 0.25) is 0 Å². The van der Waals surface area contributed by atoms with Crippen LogP contribution >= 0.6 is 45.8 Å². The first kappa shape index (κ1) is 15.8. The van der Waals surface area contributed by atoms with Crippen molar-refractivity contribution in [3.05, 3.63) is 48.9 Å². The van der Waals surface area contributed by atoms with Crippen LogP contribution in [0, 0.1) is 3.57 Å². The third-order valence-electron chi connectivity index (χ3n) is 2.64. The van der Waals surface area contributed by atoms with Gasteiger partial charge in [0.15, 0.2) is 0 Å². The fourth-order valence-electron chi connectivity index (χ4n) is 1.71. The minimum absolute atomic E-state index is 0.395. The number of nitrogen functional groups attached to an aromatic ring is 1. The van der Waals surface area contributed by atoms with E-state index in [0.29, 0.717) is 34.7 Å². The number of benzene rings is 1. The van der Waals surface area contributed by atoms with E-state index in [9.17, 15) is 0 Å². The average Bonchev–Trinajstić information content (AvgIpc) is 2.39. The molecule has 0 radical (unpaired) electrons. The van der Waals surface area contributed by atoms with E-state index < -0.39 is 0 Å². The van der Waals surface area contributed by atoms with Gasteiger partial charge in [-0.2, -0.15) is 0 Å². The summed E-state index contributed by atoms with van der Waals surface area (Å²) in [6, 6.07) is 5.34. The lowest BCUT2D eigenvalue weighted by molar-refractivity contribution is 0.180. The molecule has 0 fully saturated rings. The Bertz CT molecular complexity index is 637. The highest BCUT2D eigenvalue weighted by atomic mass is 127. The SMILES string of the molecule is COCc1nc(Cc2ccc(Cl)cc2Cl)nc(N)c1I. The Labute approximate surface area is 140 Å². The molecule has 0 saturated heterocycles. The van der Waals surface area contributed by atoms with Gasteiger partial charge in [0.1, 0.15) is 11.6 Å². The largest absolute Gasteiger partial charge is 0.383 e. The van der Waals surface area contributed by atoms with Crippen molar-refractivity contribution >= 4 is 51.6 Å². The number of nitrogens with zero attached hydrogens (tertiary/aromatic N) is 2. The normalized spacial score (nSPS) is 10.8. The van der Waals surface area contributed by atoms with Crippen molar-refractivity contribution in [2.45, 2.75) is 13.0 Å². The van der Waals surface area contributed by atoms with E-state index in [2.05, 4.69) is 32.6 Å². The van der Waals surface area contributed by atoms with Crippen molar-refractivity contribution in [2.75, 3.05) is 12.8 Å². The molecule has 2 aromatic rings. The lowest BCUT2D eigenvalue weighted by atomic mass is 10.1. The molecule has 1 aromatic heterocycles. The van der Waals surface area contributed by atoms with Gasteiger partial charge in [0, 0.05) is 23.6 Å². The summed E-state index contributed by atoms with van der Waals surface area (Å²) in [7, 11) is 1.62. The molecule has 0 unspecified atom stereocenters. The average molecular weight is 424 g/mol. The fourth-order valence-corrected chi connectivity index (χ4v) is 2.58. The van der Waals surface area contributed by atoms with Crippen LogP contribution in [0.3, 0.4) is 0 Å². The monoisotopic (exact) mass is 423 g/mol. The second kappa shape index (κ2) is 6.89. The lowest BCUT2D eigenvalue weighted by Gasteiger charge is -2.09. The van der Waals surface area contributed by atoms with E-state index >= 15 is 0 Å². The molecule has 0 aliphatic rings. The van der Waals surface area contributed by atoms with Crippen LogP contribution in [0.4, 0.5) is 5.82 Å². The van der Waals surface area contributed by atoms with E-state index in [4.69, 9.17) is 33.7 Å². The molecule has 1 heterocycles. The van der Waals surface area contributed by atoms with Crippen molar-refractivity contribution in [2.24, 2.45) is 0 Å². The number of halogens is 3. The summed E-state index contributed by atoms with van der Waals surface area (Å²) in [6.45, 7) is 0.395. The topological polar surface area (TPSA) is 61.0 Å². The number of anilines is 1. The summed E-state index contributed by atoms with van der Waals surface area (Å²) in [5, 5.41) is 1.19. The first-order valence-electron chi connectivity index (χ1n) is 5.75. The number of rotatable bonds is 4. The van der Waals surface area contributed by atoms with Gasteiger partial charge in [-0.1, -0.05) is 29.3 Å². The van der Waals surface area contributed by atoms with Crippen LogP contribution in [0.1, 0.15) is 17.1 Å². The number of methoxy groups -OCH3 is 1. The quantitative estimate of drug-likeness (QED) is 0.761. The Morgan fingerprint density at radius 2 is 2.05 bits per heavy atom. The smallest absolute Gasteiger partial charge is 0.141 e. The molecule has 20 heavy (non-hydrogen) atoms. The van der Waals surface area contributed by atoms with Crippen LogP contribution in [-0.4, -0.2) is 17.1 Å². The molecule has 0 atom stereocenters. The van der Waals surface area contributed by atoms with E-state index in [0.717, 1.165) is 14.8 Å². The Morgan fingerprint density at radius 3 is 2.70 bits per heavy atom. The van der Waals surface area contributed by atoms with Gasteiger partial charge < -0.3 is 10.5 Å². The van der Waals surface area contributed by atoms with Crippen molar-refractivity contribution in [1.29, 1.82) is 0 Å². The third kappa shape index (κ3) is 3.72. The number of aromatic nitrogens is 2. The van der Waals surface area contributed by atoms with Crippen LogP contribution in [-0.2, 0) is 17.8 Å². The molecular formula is C13H12Cl2IN3O. The highest BCUT2D eigenvalue weighted by Gasteiger charge is 2.11. The molecule has 0 saturated carbocycles. The molecule has 106 valence electrons. The molecule has 2 rings (SSSR count). The molecule has 0 bridgehead atoms. The van der Waals surface area contributed by atoms with E-state index in [-0.39, 0.29) is 0 Å². The fraction of sp³-hybridized carbons (Fsp3) is 0.231. The molecule has 0 amide bonds. The van der Waals surface area contributed by atoms with Crippen LogP contribution in [0.25, 0.3) is 0 Å². The predicted molar refractivity (Wildman–Crippen MR) is 89.1 cm³/mol. The van der Waals surface area contributed by atoms with Crippen LogP contribution in [0.2, 0.25) is 10.0 Å². The minimum Gasteiger partial charge on any atom is -0.383 e. The number of nitrogens with two attached hydrogens (primary N) is 1. The maximum Gasteiger partial charge on any atom is 0.141 e. The highest BCUT2D eigenvalue weighted by Crippen LogP contribution is 2.24. The van der Waals surface area contributed by atoms with Gasteiger partial charge in [-0.3, -0.25) is 0 Å². The van der Waals surface area contributed by atoms with Gasteiger partial charge >= 0.3 is 0 Å². The molecule has 1 aromatic carbocycles. The summed E-state index contributed by atoms with van der Waals surface area (Å²) in [6.07, 6.45) is 0.494. The summed E-state index contributed by atoms with van der Waals surface area (Å²) in [5.41, 5.74) is 7.58.